The summed E-state index contributed by atoms with van der Waals surface area (Å²) < 4.78 is 29.1. The summed E-state index contributed by atoms with van der Waals surface area (Å²) in [7, 11) is 1.61. The van der Waals surface area contributed by atoms with E-state index in [4.69, 9.17) is 0 Å². The van der Waals surface area contributed by atoms with Crippen LogP contribution in [0.25, 0.3) is 10.8 Å². The van der Waals surface area contributed by atoms with Crippen molar-refractivity contribution in [2.24, 2.45) is 7.05 Å². The molecule has 3 aromatic rings. The lowest BCUT2D eigenvalue weighted by Gasteiger charge is -2.14. The molecule has 2 heterocycles. The summed E-state index contributed by atoms with van der Waals surface area (Å²) in [6, 6.07) is 6.47. The van der Waals surface area contributed by atoms with Gasteiger partial charge >= 0.3 is 5.97 Å². The predicted molar refractivity (Wildman–Crippen MR) is 91.9 cm³/mol. The van der Waals surface area contributed by atoms with E-state index in [9.17, 15) is 23.5 Å². The minimum Gasteiger partial charge on any atom is -0.480 e. The zero-order chi connectivity index (χ0) is 19.3. The van der Waals surface area contributed by atoms with Crippen molar-refractivity contribution in [1.82, 2.24) is 19.6 Å². The molecule has 27 heavy (non-hydrogen) atoms. The highest BCUT2D eigenvalue weighted by Gasteiger charge is 2.54. The van der Waals surface area contributed by atoms with Crippen LogP contribution in [0.5, 0.6) is 0 Å². The van der Waals surface area contributed by atoms with Crippen molar-refractivity contribution < 1.29 is 18.7 Å². The Bertz CT molecular complexity index is 1100. The van der Waals surface area contributed by atoms with Gasteiger partial charge in [0.05, 0.1) is 6.20 Å². The Balaban J connectivity index is 1.85. The van der Waals surface area contributed by atoms with E-state index in [0.29, 0.717) is 16.3 Å². The molecule has 1 N–H and O–H groups in total. The first-order valence-electron chi connectivity index (χ1n) is 8.37. The molecular weight excluding hydrogens is 358 g/mol. The van der Waals surface area contributed by atoms with Crippen LogP contribution in [0.2, 0.25) is 0 Å². The molecule has 1 aliphatic carbocycles. The molecule has 1 fully saturated rings. The number of hydrogen-bond acceptors (Lipinski definition) is 4. The monoisotopic (exact) mass is 374 g/mol. The molecule has 140 valence electrons. The second-order valence-electron chi connectivity index (χ2n) is 6.80. The van der Waals surface area contributed by atoms with Gasteiger partial charge in [-0.05, 0) is 35.9 Å². The van der Waals surface area contributed by atoms with Crippen molar-refractivity contribution >= 4 is 16.7 Å². The van der Waals surface area contributed by atoms with Gasteiger partial charge in [-0.25, -0.2) is 13.5 Å². The number of fused-ring (bicyclic) bond motifs is 1. The molecular formula is C18H16F2N4O3. The largest absolute Gasteiger partial charge is 0.480 e. The average molecular weight is 374 g/mol. The number of aliphatic carboxylic acids is 1. The predicted octanol–water partition coefficient (Wildman–Crippen LogP) is 2.10. The Kier molecular flexibility index (Phi) is 3.83. The molecule has 1 atom stereocenters. The summed E-state index contributed by atoms with van der Waals surface area (Å²) >= 11 is 0. The maximum absolute atomic E-state index is 13.3. The number of pyridine rings is 1. The van der Waals surface area contributed by atoms with Gasteiger partial charge in [-0.3, -0.25) is 9.59 Å². The molecule has 2 aromatic heterocycles. The van der Waals surface area contributed by atoms with Crippen molar-refractivity contribution in [3.8, 4) is 0 Å². The van der Waals surface area contributed by atoms with Crippen LogP contribution in [0.3, 0.4) is 0 Å². The Hall–Kier alpha value is -3.10. The zero-order valence-electron chi connectivity index (χ0n) is 14.3. The summed E-state index contributed by atoms with van der Waals surface area (Å²) in [5.74, 6) is -2.42. The molecule has 0 bridgehead atoms. The fraction of sp³-hybridized carbons (Fsp3) is 0.333. The molecule has 7 nitrogen and oxygen atoms in total. The van der Waals surface area contributed by atoms with Crippen molar-refractivity contribution in [3.63, 3.8) is 0 Å². The molecule has 1 aliphatic rings. The van der Waals surface area contributed by atoms with Gasteiger partial charge in [-0.15, -0.1) is 5.10 Å². The van der Waals surface area contributed by atoms with E-state index >= 15 is 0 Å². The molecule has 0 aliphatic heterocycles. The van der Waals surface area contributed by atoms with Crippen LogP contribution in [-0.2, 0) is 17.4 Å². The van der Waals surface area contributed by atoms with Crippen LogP contribution in [-0.4, -0.2) is 37.1 Å². The average Bonchev–Trinajstić information content (AvgIpc) is 3.31. The molecule has 0 spiro atoms. The lowest BCUT2D eigenvalue weighted by molar-refractivity contribution is -0.137. The molecule has 0 amide bonds. The Morgan fingerprint density at radius 2 is 2.00 bits per heavy atom. The Morgan fingerprint density at radius 3 is 2.63 bits per heavy atom. The van der Waals surface area contributed by atoms with Gasteiger partial charge < -0.3 is 9.67 Å². The smallest absolute Gasteiger partial charge is 0.317 e. The summed E-state index contributed by atoms with van der Waals surface area (Å²) in [6.45, 7) is 0. The third-order valence-corrected chi connectivity index (χ3v) is 5.14. The second-order valence-corrected chi connectivity index (χ2v) is 6.80. The van der Waals surface area contributed by atoms with E-state index in [0.717, 1.165) is 4.68 Å². The molecule has 1 unspecified atom stereocenters. The van der Waals surface area contributed by atoms with Crippen molar-refractivity contribution in [1.29, 1.82) is 0 Å². The molecule has 1 aromatic carbocycles. The molecule has 9 heteroatoms. The zero-order valence-corrected chi connectivity index (χ0v) is 14.3. The number of carboxylic acids is 1. The number of carbonyl (C=O) groups is 1. The SMILES string of the molecule is Cn1ccc2c(C(C(=O)O)c3cn(C4(C(F)F)CC4)nn3)cccc2c1=O. The van der Waals surface area contributed by atoms with E-state index in [-0.39, 0.29) is 24.1 Å². The van der Waals surface area contributed by atoms with Gasteiger partial charge in [0, 0.05) is 18.6 Å². The highest BCUT2D eigenvalue weighted by Crippen LogP contribution is 2.48. The Morgan fingerprint density at radius 1 is 1.26 bits per heavy atom. The molecule has 1 saturated carbocycles. The maximum atomic E-state index is 13.3. The highest BCUT2D eigenvalue weighted by molar-refractivity contribution is 5.91. The lowest BCUT2D eigenvalue weighted by atomic mass is 9.92. The van der Waals surface area contributed by atoms with Crippen LogP contribution in [0, 0.1) is 0 Å². The number of halogens is 2. The second kappa shape index (κ2) is 5.97. The van der Waals surface area contributed by atoms with E-state index < -0.39 is 23.9 Å². The molecule has 0 saturated heterocycles. The van der Waals surface area contributed by atoms with Gasteiger partial charge in [-0.1, -0.05) is 17.3 Å². The van der Waals surface area contributed by atoms with Crippen LogP contribution in [0.15, 0.2) is 41.5 Å². The van der Waals surface area contributed by atoms with Crippen LogP contribution < -0.4 is 5.56 Å². The van der Waals surface area contributed by atoms with Gasteiger partial charge in [0.2, 0.25) is 0 Å². The number of aryl methyl sites for hydroxylation is 1. The molecule has 4 rings (SSSR count). The normalized spacial score (nSPS) is 16.6. The number of alkyl halides is 2. The van der Waals surface area contributed by atoms with Crippen LogP contribution in [0.1, 0.15) is 30.0 Å². The Labute approximate surface area is 151 Å². The van der Waals surface area contributed by atoms with Crippen LogP contribution in [0.4, 0.5) is 8.78 Å². The fourth-order valence-corrected chi connectivity index (χ4v) is 3.37. The van der Waals surface area contributed by atoms with Crippen molar-refractivity contribution in [2.45, 2.75) is 30.7 Å². The quantitative estimate of drug-likeness (QED) is 0.739. The number of benzene rings is 1. The van der Waals surface area contributed by atoms with Crippen LogP contribution >= 0.6 is 0 Å². The minimum absolute atomic E-state index is 0.0580. The first-order chi connectivity index (χ1) is 12.8. The van der Waals surface area contributed by atoms with E-state index in [2.05, 4.69) is 10.3 Å². The summed E-state index contributed by atoms with van der Waals surface area (Å²) in [5, 5.41) is 18.3. The number of rotatable bonds is 5. The van der Waals surface area contributed by atoms with Crippen molar-refractivity contribution in [3.05, 3.63) is 58.3 Å². The third kappa shape index (κ3) is 2.61. The standard InChI is InChI=1S/C18H16F2N4O3/c1-23-8-5-10-11(3-2-4-12(10)15(23)25)14(16(26)27)13-9-24(22-21-13)18(6-7-18)17(19)20/h2-5,8-9,14,17H,6-7H2,1H3,(H,26,27). The topological polar surface area (TPSA) is 90.0 Å². The number of nitrogens with zero attached hydrogens (tertiary/aromatic N) is 4. The van der Waals surface area contributed by atoms with E-state index in [1.807, 2.05) is 0 Å². The third-order valence-electron chi connectivity index (χ3n) is 5.14. The van der Waals surface area contributed by atoms with E-state index in [1.165, 1.54) is 10.8 Å². The maximum Gasteiger partial charge on any atom is 0.317 e. The van der Waals surface area contributed by atoms with Gasteiger partial charge in [0.1, 0.15) is 17.2 Å². The minimum atomic E-state index is -2.60. The van der Waals surface area contributed by atoms with E-state index in [1.54, 1.807) is 37.5 Å². The fourth-order valence-electron chi connectivity index (χ4n) is 3.37. The number of carboxylic acid groups (broad SMARTS) is 1. The van der Waals surface area contributed by atoms with Crippen molar-refractivity contribution in [2.75, 3.05) is 0 Å². The van der Waals surface area contributed by atoms with Gasteiger partial charge in [-0.2, -0.15) is 0 Å². The lowest BCUT2D eigenvalue weighted by Crippen LogP contribution is -2.26. The number of hydrogen-bond donors (Lipinski definition) is 1. The summed E-state index contributed by atoms with van der Waals surface area (Å²) in [4.78, 5) is 24.3. The first-order valence-corrected chi connectivity index (χ1v) is 8.37. The summed E-state index contributed by atoms with van der Waals surface area (Å²) in [6.07, 6.45) is 0.777. The molecule has 0 radical (unpaired) electrons. The summed E-state index contributed by atoms with van der Waals surface area (Å²) in [5.41, 5.74) is -1.21. The number of aromatic nitrogens is 4. The highest BCUT2D eigenvalue weighted by atomic mass is 19.3. The first kappa shape index (κ1) is 17.3. The van der Waals surface area contributed by atoms with Gasteiger partial charge in [0.25, 0.3) is 12.0 Å². The van der Waals surface area contributed by atoms with Gasteiger partial charge in [0.15, 0.2) is 0 Å².